The van der Waals surface area contributed by atoms with E-state index in [2.05, 4.69) is 22.4 Å². The number of nitrogens with two attached hydrogens (primary N) is 3. The standard InChI is InChI=1S/CH7N5O2/c2-1(3)5-6(4,7)8/h7H,4H2,(H4,2,3,5). The van der Waals surface area contributed by atoms with Crippen molar-refractivity contribution in [2.24, 2.45) is 22.4 Å². The highest BCUT2D eigenvalue weighted by Crippen LogP contribution is 1.83. The number of quaternary nitrogens is 1. The van der Waals surface area contributed by atoms with E-state index in [9.17, 15) is 5.21 Å². The van der Waals surface area contributed by atoms with Crippen LogP contribution >= 0.6 is 0 Å². The van der Waals surface area contributed by atoms with Gasteiger partial charge in [0, 0.05) is 5.10 Å². The Morgan fingerprint density at radius 3 is 2.00 bits per heavy atom. The monoisotopic (exact) mass is 121 g/mol. The molecule has 0 aromatic carbocycles. The van der Waals surface area contributed by atoms with Crippen LogP contribution in [-0.2, 0) is 0 Å². The van der Waals surface area contributed by atoms with Crippen molar-refractivity contribution in [1.29, 1.82) is 0 Å². The van der Waals surface area contributed by atoms with Gasteiger partial charge in [-0.3, -0.25) is 0 Å². The molecule has 0 radical (unpaired) electrons. The van der Waals surface area contributed by atoms with Crippen LogP contribution in [0.15, 0.2) is 5.10 Å². The summed E-state index contributed by atoms with van der Waals surface area (Å²) in [7, 11) is 0. The molecule has 1 atom stereocenters. The molecule has 0 saturated carbocycles. The smallest absolute Gasteiger partial charge is 0.251 e. The quantitative estimate of drug-likeness (QED) is 0.102. The van der Waals surface area contributed by atoms with Crippen molar-refractivity contribution >= 4 is 5.96 Å². The molecule has 0 fully saturated rings. The van der Waals surface area contributed by atoms with Crippen molar-refractivity contribution in [3.8, 4) is 0 Å². The zero-order valence-corrected chi connectivity index (χ0v) is 3.98. The first-order valence-electron chi connectivity index (χ1n) is 1.64. The largest absolute Gasteiger partial charge is 0.550 e. The second-order valence-corrected chi connectivity index (χ2v) is 1.11. The van der Waals surface area contributed by atoms with Gasteiger partial charge >= 0.3 is 0 Å². The minimum atomic E-state index is -2.33. The van der Waals surface area contributed by atoms with Gasteiger partial charge in [0.15, 0.2) is 0 Å². The fraction of sp³-hybridized carbons (Fsp3) is 0. The lowest BCUT2D eigenvalue weighted by molar-refractivity contribution is -1.08. The number of nitrogens with zero attached hydrogens (tertiary/aromatic N) is 2. The molecule has 7 N–H and O–H groups in total. The van der Waals surface area contributed by atoms with E-state index in [1.165, 1.54) is 0 Å². The molecule has 0 amide bonds. The average Bonchev–Trinajstić information content (AvgIpc) is 1.21. The maximum absolute atomic E-state index is 9.84. The lowest BCUT2D eigenvalue weighted by Gasteiger charge is -2.17. The van der Waals surface area contributed by atoms with Gasteiger partial charge in [0.25, 0.3) is 5.96 Å². The van der Waals surface area contributed by atoms with E-state index >= 15 is 0 Å². The third-order valence-electron chi connectivity index (χ3n) is 0.259. The third kappa shape index (κ3) is 5.11. The number of guanidine groups is 1. The Morgan fingerprint density at radius 2 is 2.00 bits per heavy atom. The minimum absolute atomic E-state index is 0.565. The Hall–Kier alpha value is -0.890. The molecule has 0 aliphatic carbocycles. The van der Waals surface area contributed by atoms with Crippen molar-refractivity contribution in [2.75, 3.05) is 0 Å². The van der Waals surface area contributed by atoms with E-state index in [-0.39, 0.29) is 0 Å². The molecule has 0 aromatic heterocycles. The molecule has 0 rings (SSSR count). The van der Waals surface area contributed by atoms with E-state index in [4.69, 9.17) is 5.21 Å². The number of hydrogen-bond donors (Lipinski definition) is 4. The van der Waals surface area contributed by atoms with E-state index in [0.717, 1.165) is 0 Å². The third-order valence-corrected chi connectivity index (χ3v) is 0.259. The van der Waals surface area contributed by atoms with Crippen LogP contribution in [0.5, 0.6) is 0 Å². The van der Waals surface area contributed by atoms with Crippen molar-refractivity contribution in [1.82, 2.24) is 0 Å². The summed E-state index contributed by atoms with van der Waals surface area (Å²) >= 11 is 0. The molecule has 7 nitrogen and oxygen atoms in total. The molecule has 0 saturated heterocycles. The van der Waals surface area contributed by atoms with Crippen molar-refractivity contribution in [3.05, 3.63) is 5.21 Å². The first-order valence-corrected chi connectivity index (χ1v) is 1.64. The van der Waals surface area contributed by atoms with E-state index in [1.807, 2.05) is 0 Å². The minimum Gasteiger partial charge on any atom is -0.550 e. The molecule has 8 heavy (non-hydrogen) atoms. The Bertz CT molecular complexity index is 97.5. The molecular weight excluding hydrogens is 114 g/mol. The van der Waals surface area contributed by atoms with Crippen LogP contribution in [0.25, 0.3) is 0 Å². The summed E-state index contributed by atoms with van der Waals surface area (Å²) in [6, 6.07) is 0. The maximum Gasteiger partial charge on any atom is 0.251 e. The van der Waals surface area contributed by atoms with Crippen LogP contribution in [0.3, 0.4) is 0 Å². The van der Waals surface area contributed by atoms with Crippen LogP contribution in [0.2, 0.25) is 0 Å². The lowest BCUT2D eigenvalue weighted by atomic mass is 11.1. The van der Waals surface area contributed by atoms with Gasteiger partial charge in [-0.05, 0) is 5.03 Å². The number of hydrogen-bond acceptors (Lipinski definition) is 4. The van der Waals surface area contributed by atoms with E-state index < -0.39 is 11.0 Å². The lowest BCUT2D eigenvalue weighted by Crippen LogP contribution is -2.43. The maximum atomic E-state index is 9.84. The molecule has 0 spiro atoms. The van der Waals surface area contributed by atoms with Gasteiger partial charge in [-0.2, -0.15) is 5.21 Å². The SMILES string of the molecule is NC(N)=N[N+](N)([O-])O. The molecule has 7 heteroatoms. The molecule has 0 heterocycles. The molecule has 0 aromatic rings. The Balaban J connectivity index is 3.89. The van der Waals surface area contributed by atoms with Crippen LogP contribution in [0, 0.1) is 5.21 Å². The van der Waals surface area contributed by atoms with Crippen molar-refractivity contribution < 1.29 is 10.2 Å². The topological polar surface area (TPSA) is 134 Å². The van der Waals surface area contributed by atoms with Crippen LogP contribution in [0.4, 0.5) is 0 Å². The summed E-state index contributed by atoms with van der Waals surface area (Å²) in [4.78, 5) is 0. The molecule has 1 unspecified atom stereocenters. The predicted molar refractivity (Wildman–Crippen MR) is 25.4 cm³/mol. The Kier molecular flexibility index (Phi) is 1.71. The van der Waals surface area contributed by atoms with Gasteiger partial charge in [0.1, 0.15) is 0 Å². The average molecular weight is 121 g/mol. The van der Waals surface area contributed by atoms with Crippen LogP contribution in [0.1, 0.15) is 0 Å². The van der Waals surface area contributed by atoms with Crippen LogP contribution in [-0.4, -0.2) is 16.2 Å². The second kappa shape index (κ2) is 1.92. The first-order chi connectivity index (χ1) is 3.42. The fourth-order valence-electron chi connectivity index (χ4n) is 0.165. The normalized spacial score (nSPS) is 16.9. The molecule has 0 aliphatic heterocycles. The highest BCUT2D eigenvalue weighted by Gasteiger charge is 2.01. The summed E-state index contributed by atoms with van der Waals surface area (Å²) in [5, 5.41) is 18.1. The fourth-order valence-corrected chi connectivity index (χ4v) is 0.165. The summed E-state index contributed by atoms with van der Waals surface area (Å²) in [5.74, 6) is 3.76. The first kappa shape index (κ1) is 7.11. The van der Waals surface area contributed by atoms with Gasteiger partial charge in [-0.15, -0.1) is 5.84 Å². The predicted octanol–water partition coefficient (Wildman–Crippen LogP) is -2.25. The Morgan fingerprint density at radius 1 is 1.62 bits per heavy atom. The molecule has 0 aliphatic rings. The van der Waals surface area contributed by atoms with Crippen molar-refractivity contribution in [3.63, 3.8) is 0 Å². The van der Waals surface area contributed by atoms with Gasteiger partial charge in [0.05, 0.1) is 0 Å². The molecule has 0 bridgehead atoms. The zero-order chi connectivity index (χ0) is 6.78. The molecular formula is CH7N5O2. The van der Waals surface area contributed by atoms with Crippen molar-refractivity contribution in [2.45, 2.75) is 0 Å². The molecule has 48 valence electrons. The highest BCUT2D eigenvalue weighted by molar-refractivity contribution is 5.74. The second-order valence-electron chi connectivity index (χ2n) is 1.11. The summed E-state index contributed by atoms with van der Waals surface area (Å²) in [6.07, 6.45) is 0. The zero-order valence-electron chi connectivity index (χ0n) is 3.98. The van der Waals surface area contributed by atoms with Crippen LogP contribution < -0.4 is 17.3 Å². The van der Waals surface area contributed by atoms with E-state index in [0.29, 0.717) is 0 Å². The number of rotatable bonds is 1. The van der Waals surface area contributed by atoms with Gasteiger partial charge in [0.2, 0.25) is 0 Å². The van der Waals surface area contributed by atoms with Gasteiger partial charge in [-0.1, -0.05) is 0 Å². The Labute approximate surface area is 45.1 Å². The summed E-state index contributed by atoms with van der Waals surface area (Å²) in [6.45, 7) is 0. The summed E-state index contributed by atoms with van der Waals surface area (Å²) < 4.78 is 0. The summed E-state index contributed by atoms with van der Waals surface area (Å²) in [5.41, 5.74) is 9.30. The van der Waals surface area contributed by atoms with Gasteiger partial charge < -0.3 is 16.7 Å². The van der Waals surface area contributed by atoms with E-state index in [1.54, 1.807) is 0 Å². The highest BCUT2D eigenvalue weighted by atomic mass is 16.9. The van der Waals surface area contributed by atoms with Gasteiger partial charge in [-0.25, -0.2) is 0 Å².